The van der Waals surface area contributed by atoms with Gasteiger partial charge in [0.05, 0.1) is 24.3 Å². The maximum Gasteiger partial charge on any atom is 0.300 e. The summed E-state index contributed by atoms with van der Waals surface area (Å²) in [4.78, 5) is 28.7. The molecule has 0 bridgehead atoms. The van der Waals surface area contributed by atoms with Crippen LogP contribution in [0, 0.1) is 13.8 Å². The van der Waals surface area contributed by atoms with Gasteiger partial charge in [0.2, 0.25) is 0 Å². The summed E-state index contributed by atoms with van der Waals surface area (Å²) in [5, 5.41) is 11.7. The van der Waals surface area contributed by atoms with Crippen molar-refractivity contribution in [2.45, 2.75) is 66.5 Å². The summed E-state index contributed by atoms with van der Waals surface area (Å²) in [7, 11) is 0. The van der Waals surface area contributed by atoms with Crippen molar-refractivity contribution in [3.63, 3.8) is 0 Å². The van der Waals surface area contributed by atoms with Crippen LogP contribution in [0.2, 0.25) is 0 Å². The van der Waals surface area contributed by atoms with Crippen LogP contribution >= 0.6 is 0 Å². The van der Waals surface area contributed by atoms with E-state index in [1.54, 1.807) is 12.1 Å². The Labute approximate surface area is 230 Å². The van der Waals surface area contributed by atoms with Gasteiger partial charge in [-0.25, -0.2) is 0 Å². The molecule has 3 aromatic rings. The lowest BCUT2D eigenvalue weighted by Gasteiger charge is -2.26. The molecule has 1 N–H and O–H groups in total. The number of Topliss-reactive ketones (excluding diaryl/α,β-unsaturated/α-hetero) is 1. The Morgan fingerprint density at radius 1 is 0.949 bits per heavy atom. The predicted octanol–water partition coefficient (Wildman–Crippen LogP) is 7.24. The zero-order valence-electron chi connectivity index (χ0n) is 23.7. The molecule has 39 heavy (non-hydrogen) atoms. The van der Waals surface area contributed by atoms with Crippen LogP contribution in [0.4, 0.5) is 5.69 Å². The first-order valence-corrected chi connectivity index (χ1v) is 13.4. The standard InChI is InChI=1S/C33H37NO5/c1-8-38-28-13-12-24(18-27(28)19(2)3)31(35)29-30(23-10-9-11-26(17-23)39-20(4)5)34(33(37)32(29)36)25-15-21(6)14-22(7)16-25/h9-20,30,35H,8H2,1-7H3/b31-29+. The minimum Gasteiger partial charge on any atom is -0.507 e. The Kier molecular flexibility index (Phi) is 8.14. The third-order valence-corrected chi connectivity index (χ3v) is 6.68. The number of ether oxygens (including phenoxy) is 2. The van der Waals surface area contributed by atoms with Crippen LogP contribution in [0.5, 0.6) is 11.5 Å². The number of amides is 1. The van der Waals surface area contributed by atoms with Crippen LogP contribution in [0.1, 0.15) is 74.4 Å². The molecule has 6 nitrogen and oxygen atoms in total. The zero-order valence-corrected chi connectivity index (χ0v) is 23.7. The van der Waals surface area contributed by atoms with E-state index < -0.39 is 17.7 Å². The highest BCUT2D eigenvalue weighted by atomic mass is 16.5. The fraction of sp³-hybridized carbons (Fsp3) is 0.333. The summed E-state index contributed by atoms with van der Waals surface area (Å²) in [5.41, 5.74) is 4.62. The van der Waals surface area contributed by atoms with Gasteiger partial charge in [-0.15, -0.1) is 0 Å². The zero-order chi connectivity index (χ0) is 28.4. The van der Waals surface area contributed by atoms with E-state index in [-0.39, 0.29) is 23.4 Å². The van der Waals surface area contributed by atoms with Crippen molar-refractivity contribution >= 4 is 23.1 Å². The van der Waals surface area contributed by atoms with Crippen LogP contribution in [-0.4, -0.2) is 29.5 Å². The number of aryl methyl sites for hydroxylation is 2. The molecular formula is C33H37NO5. The van der Waals surface area contributed by atoms with Gasteiger partial charge in [-0.2, -0.15) is 0 Å². The molecule has 1 aliphatic rings. The number of rotatable bonds is 8. The summed E-state index contributed by atoms with van der Waals surface area (Å²) in [6.07, 6.45) is -0.0515. The van der Waals surface area contributed by atoms with Crippen molar-refractivity contribution in [1.82, 2.24) is 0 Å². The number of nitrogens with zero attached hydrogens (tertiary/aromatic N) is 1. The molecule has 204 valence electrons. The monoisotopic (exact) mass is 527 g/mol. The van der Waals surface area contributed by atoms with E-state index in [1.807, 2.05) is 97.0 Å². The SMILES string of the molecule is CCOc1ccc(/C(O)=C2\C(=O)C(=O)N(c3cc(C)cc(C)c3)C2c2cccc(OC(C)C)c2)cc1C(C)C. The number of anilines is 1. The van der Waals surface area contributed by atoms with Crippen molar-refractivity contribution in [3.05, 3.63) is 94.1 Å². The molecule has 1 fully saturated rings. The molecule has 1 aliphatic heterocycles. The third kappa shape index (κ3) is 5.70. The van der Waals surface area contributed by atoms with Gasteiger partial charge >= 0.3 is 0 Å². The van der Waals surface area contributed by atoms with Gasteiger partial charge < -0.3 is 14.6 Å². The Morgan fingerprint density at radius 3 is 2.26 bits per heavy atom. The number of carbonyl (C=O) groups is 2. The number of benzene rings is 3. The number of hydrogen-bond acceptors (Lipinski definition) is 5. The average molecular weight is 528 g/mol. The molecule has 0 radical (unpaired) electrons. The molecule has 0 aromatic heterocycles. The second kappa shape index (κ2) is 11.4. The lowest BCUT2D eigenvalue weighted by molar-refractivity contribution is -0.132. The van der Waals surface area contributed by atoms with Crippen molar-refractivity contribution in [1.29, 1.82) is 0 Å². The fourth-order valence-corrected chi connectivity index (χ4v) is 5.12. The molecule has 4 rings (SSSR count). The minimum atomic E-state index is -0.837. The first-order valence-electron chi connectivity index (χ1n) is 13.4. The van der Waals surface area contributed by atoms with E-state index in [0.29, 0.717) is 29.2 Å². The van der Waals surface area contributed by atoms with E-state index in [0.717, 1.165) is 22.4 Å². The Morgan fingerprint density at radius 2 is 1.64 bits per heavy atom. The number of carbonyl (C=O) groups excluding carboxylic acids is 2. The van der Waals surface area contributed by atoms with Crippen molar-refractivity contribution < 1.29 is 24.2 Å². The van der Waals surface area contributed by atoms with Crippen LogP contribution in [0.3, 0.4) is 0 Å². The van der Waals surface area contributed by atoms with E-state index in [2.05, 4.69) is 0 Å². The number of aliphatic hydroxyl groups excluding tert-OH is 1. The third-order valence-electron chi connectivity index (χ3n) is 6.68. The predicted molar refractivity (Wildman–Crippen MR) is 155 cm³/mol. The van der Waals surface area contributed by atoms with Gasteiger partial charge in [-0.3, -0.25) is 14.5 Å². The van der Waals surface area contributed by atoms with Crippen LogP contribution in [-0.2, 0) is 9.59 Å². The summed E-state index contributed by atoms with van der Waals surface area (Å²) < 4.78 is 11.7. The fourth-order valence-electron chi connectivity index (χ4n) is 5.12. The topological polar surface area (TPSA) is 76.1 Å². The second-order valence-corrected chi connectivity index (χ2v) is 10.6. The molecule has 0 spiro atoms. The van der Waals surface area contributed by atoms with Crippen molar-refractivity contribution in [3.8, 4) is 11.5 Å². The van der Waals surface area contributed by atoms with E-state index in [4.69, 9.17) is 9.47 Å². The molecule has 1 amide bonds. The quantitative estimate of drug-likeness (QED) is 0.190. The summed E-state index contributed by atoms with van der Waals surface area (Å²) in [5.74, 6) is -0.155. The number of ketones is 1. The second-order valence-electron chi connectivity index (χ2n) is 10.6. The molecule has 3 aromatic carbocycles. The van der Waals surface area contributed by atoms with Gasteiger partial charge in [0.25, 0.3) is 11.7 Å². The van der Waals surface area contributed by atoms with Crippen molar-refractivity contribution in [2.24, 2.45) is 0 Å². The molecule has 1 heterocycles. The molecule has 1 saturated heterocycles. The minimum absolute atomic E-state index is 0.0414. The van der Waals surface area contributed by atoms with Gasteiger partial charge in [0.15, 0.2) is 0 Å². The largest absolute Gasteiger partial charge is 0.507 e. The smallest absolute Gasteiger partial charge is 0.300 e. The molecule has 1 atom stereocenters. The molecular weight excluding hydrogens is 490 g/mol. The first kappa shape index (κ1) is 28.0. The van der Waals surface area contributed by atoms with Gasteiger partial charge in [-0.05, 0) is 105 Å². The maximum atomic E-state index is 13.6. The highest BCUT2D eigenvalue weighted by molar-refractivity contribution is 6.51. The lowest BCUT2D eigenvalue weighted by Crippen LogP contribution is -2.29. The van der Waals surface area contributed by atoms with Crippen LogP contribution in [0.15, 0.2) is 66.2 Å². The Bertz CT molecular complexity index is 1420. The normalized spacial score (nSPS) is 16.8. The molecule has 1 unspecified atom stereocenters. The molecule has 6 heteroatoms. The average Bonchev–Trinajstić information content (AvgIpc) is 3.13. The van der Waals surface area contributed by atoms with Gasteiger partial charge in [0.1, 0.15) is 17.3 Å². The van der Waals surface area contributed by atoms with E-state index in [1.165, 1.54) is 4.90 Å². The highest BCUT2D eigenvalue weighted by Crippen LogP contribution is 2.44. The van der Waals surface area contributed by atoms with E-state index in [9.17, 15) is 14.7 Å². The Balaban J connectivity index is 1.96. The molecule has 0 saturated carbocycles. The first-order chi connectivity index (χ1) is 18.5. The highest BCUT2D eigenvalue weighted by Gasteiger charge is 2.47. The summed E-state index contributed by atoms with van der Waals surface area (Å²) in [6.45, 7) is 14.3. The van der Waals surface area contributed by atoms with Crippen LogP contribution in [0.25, 0.3) is 5.76 Å². The lowest BCUT2D eigenvalue weighted by atomic mass is 9.93. The number of aliphatic hydroxyl groups is 1. The van der Waals surface area contributed by atoms with Gasteiger partial charge in [0, 0.05) is 11.3 Å². The maximum absolute atomic E-state index is 13.6. The van der Waals surface area contributed by atoms with Crippen LogP contribution < -0.4 is 14.4 Å². The summed E-state index contributed by atoms with van der Waals surface area (Å²) in [6, 6.07) is 17.7. The van der Waals surface area contributed by atoms with E-state index >= 15 is 0 Å². The number of hydrogen-bond donors (Lipinski definition) is 1. The van der Waals surface area contributed by atoms with Gasteiger partial charge in [-0.1, -0.05) is 32.0 Å². The molecule has 0 aliphatic carbocycles. The van der Waals surface area contributed by atoms with Crippen molar-refractivity contribution in [2.75, 3.05) is 11.5 Å². The summed E-state index contributed by atoms with van der Waals surface area (Å²) >= 11 is 0. The Hall–Kier alpha value is -4.06.